The quantitative estimate of drug-likeness (QED) is 0.528. The number of hydrogen-bond acceptors (Lipinski definition) is 4. The van der Waals surface area contributed by atoms with E-state index in [-0.39, 0.29) is 11.5 Å². The average Bonchev–Trinajstić information content (AvgIpc) is 2.17. The second-order valence-electron chi connectivity index (χ2n) is 3.04. The second kappa shape index (κ2) is 2.76. The van der Waals surface area contributed by atoms with Crippen molar-refractivity contribution >= 4 is 17.1 Å². The van der Waals surface area contributed by atoms with E-state index >= 15 is 0 Å². The number of nitrogen functional groups attached to an aromatic ring is 1. The Kier molecular flexibility index (Phi) is 1.70. The minimum absolute atomic E-state index is 0.186. The molecule has 0 unspecified atom stereocenters. The standard InChI is InChI=1S/C8H9N5O/c1-12-4-3-10-5-6(12)11-8(9)13(2)7(5)14/h3-4,9H,1-2H3/p+1. The summed E-state index contributed by atoms with van der Waals surface area (Å²) < 4.78 is 2.98. The van der Waals surface area contributed by atoms with Gasteiger partial charge >= 0.3 is 11.6 Å². The zero-order valence-electron chi connectivity index (χ0n) is 7.93. The van der Waals surface area contributed by atoms with Crippen LogP contribution in [0.1, 0.15) is 0 Å². The van der Waals surface area contributed by atoms with Gasteiger partial charge in [0.15, 0.2) is 0 Å². The smallest absolute Gasteiger partial charge is 0.348 e. The van der Waals surface area contributed by atoms with Gasteiger partial charge in [-0.2, -0.15) is 0 Å². The molecule has 0 atom stereocenters. The van der Waals surface area contributed by atoms with Crippen LogP contribution in [0.25, 0.3) is 11.2 Å². The van der Waals surface area contributed by atoms with Gasteiger partial charge in [-0.05, 0) is 4.98 Å². The molecule has 0 aromatic carbocycles. The largest absolute Gasteiger partial charge is 0.358 e. The number of nitrogens with two attached hydrogens (primary N) is 1. The molecule has 0 aliphatic carbocycles. The SMILES string of the molecule is Cn1c(N)nc2c(ncc[n+]2C)c1=O. The van der Waals surface area contributed by atoms with E-state index in [2.05, 4.69) is 9.97 Å². The molecule has 2 rings (SSSR count). The molecule has 0 aliphatic heterocycles. The zero-order chi connectivity index (χ0) is 10.3. The van der Waals surface area contributed by atoms with Gasteiger partial charge in [0, 0.05) is 7.05 Å². The second-order valence-corrected chi connectivity index (χ2v) is 3.04. The van der Waals surface area contributed by atoms with Crippen LogP contribution in [-0.4, -0.2) is 14.5 Å². The number of anilines is 1. The van der Waals surface area contributed by atoms with Crippen LogP contribution in [0.5, 0.6) is 0 Å². The average molecular weight is 192 g/mol. The minimum atomic E-state index is -0.233. The van der Waals surface area contributed by atoms with Gasteiger partial charge in [-0.1, -0.05) is 0 Å². The first kappa shape index (κ1) is 8.61. The molecular formula is C8H10N5O+. The third kappa shape index (κ3) is 1.04. The van der Waals surface area contributed by atoms with Crippen LogP contribution >= 0.6 is 0 Å². The number of aryl methyl sites for hydroxylation is 1. The fourth-order valence-corrected chi connectivity index (χ4v) is 1.23. The van der Waals surface area contributed by atoms with Gasteiger partial charge in [-0.15, -0.1) is 0 Å². The molecule has 6 nitrogen and oxygen atoms in total. The molecule has 2 heterocycles. The van der Waals surface area contributed by atoms with E-state index < -0.39 is 0 Å². The van der Waals surface area contributed by atoms with Gasteiger partial charge in [0.05, 0.1) is 13.2 Å². The van der Waals surface area contributed by atoms with E-state index in [1.54, 1.807) is 31.1 Å². The first-order valence-electron chi connectivity index (χ1n) is 4.08. The zero-order valence-corrected chi connectivity index (χ0v) is 7.93. The summed E-state index contributed by atoms with van der Waals surface area (Å²) in [6.07, 6.45) is 3.27. The van der Waals surface area contributed by atoms with Crippen LogP contribution in [0.2, 0.25) is 0 Å². The van der Waals surface area contributed by atoms with Gasteiger partial charge in [0.2, 0.25) is 5.52 Å². The molecule has 0 amide bonds. The van der Waals surface area contributed by atoms with Crippen molar-refractivity contribution in [3.63, 3.8) is 0 Å². The van der Waals surface area contributed by atoms with E-state index in [9.17, 15) is 4.79 Å². The van der Waals surface area contributed by atoms with Gasteiger partial charge in [-0.25, -0.2) is 9.55 Å². The number of rotatable bonds is 0. The highest BCUT2D eigenvalue weighted by Gasteiger charge is 2.15. The maximum absolute atomic E-state index is 11.7. The predicted molar refractivity (Wildman–Crippen MR) is 50.4 cm³/mol. The molecule has 2 aromatic rings. The molecule has 14 heavy (non-hydrogen) atoms. The first-order valence-corrected chi connectivity index (χ1v) is 4.08. The van der Waals surface area contributed by atoms with Crippen molar-refractivity contribution < 1.29 is 4.57 Å². The lowest BCUT2D eigenvalue weighted by Crippen LogP contribution is -2.34. The summed E-state index contributed by atoms with van der Waals surface area (Å²) in [6, 6.07) is 0. The normalized spacial score (nSPS) is 10.7. The van der Waals surface area contributed by atoms with E-state index in [0.29, 0.717) is 11.2 Å². The van der Waals surface area contributed by atoms with E-state index in [1.807, 2.05) is 0 Å². The van der Waals surface area contributed by atoms with Gasteiger partial charge in [0.1, 0.15) is 6.20 Å². The molecule has 6 heteroatoms. The van der Waals surface area contributed by atoms with E-state index in [4.69, 9.17) is 5.73 Å². The molecule has 0 saturated carbocycles. The molecule has 0 bridgehead atoms. The van der Waals surface area contributed by atoms with Crippen molar-refractivity contribution in [2.24, 2.45) is 14.1 Å². The van der Waals surface area contributed by atoms with Crippen molar-refractivity contribution in [3.05, 3.63) is 22.7 Å². The Balaban J connectivity index is 3.06. The van der Waals surface area contributed by atoms with Crippen LogP contribution in [-0.2, 0) is 14.1 Å². The molecule has 2 N–H and O–H groups in total. The highest BCUT2D eigenvalue weighted by molar-refractivity contribution is 5.65. The lowest BCUT2D eigenvalue weighted by Gasteiger charge is -1.98. The molecule has 72 valence electrons. The number of hydrogen-bond donors (Lipinski definition) is 1. The summed E-state index contributed by atoms with van der Waals surface area (Å²) in [5, 5.41) is 0. The molecule has 0 spiro atoms. The van der Waals surface area contributed by atoms with Crippen molar-refractivity contribution in [2.75, 3.05) is 5.73 Å². The minimum Gasteiger partial charge on any atom is -0.348 e. The first-order chi connectivity index (χ1) is 6.61. The summed E-state index contributed by atoms with van der Waals surface area (Å²) in [7, 11) is 3.36. The fourth-order valence-electron chi connectivity index (χ4n) is 1.23. The Hall–Kier alpha value is -1.98. The summed E-state index contributed by atoms with van der Waals surface area (Å²) in [5.41, 5.74) is 6.15. The Morgan fingerprint density at radius 2 is 2.29 bits per heavy atom. The molecule has 0 fully saturated rings. The molecule has 0 aliphatic rings. The summed E-state index contributed by atoms with van der Waals surface area (Å²) in [4.78, 5) is 19.7. The van der Waals surface area contributed by atoms with Crippen molar-refractivity contribution in [2.45, 2.75) is 0 Å². The number of fused-ring (bicyclic) bond motifs is 1. The highest BCUT2D eigenvalue weighted by Crippen LogP contribution is 1.99. The third-order valence-corrected chi connectivity index (χ3v) is 2.11. The molecular weight excluding hydrogens is 182 g/mol. The topological polar surface area (TPSA) is 77.7 Å². The van der Waals surface area contributed by atoms with Crippen LogP contribution in [0, 0.1) is 0 Å². The third-order valence-electron chi connectivity index (χ3n) is 2.11. The Morgan fingerprint density at radius 3 is 3.00 bits per heavy atom. The highest BCUT2D eigenvalue weighted by atomic mass is 16.1. The lowest BCUT2D eigenvalue weighted by atomic mass is 10.5. The maximum atomic E-state index is 11.7. The monoisotopic (exact) mass is 192 g/mol. The maximum Gasteiger partial charge on any atom is 0.358 e. The summed E-state index contributed by atoms with van der Waals surface area (Å²) in [6.45, 7) is 0. The van der Waals surface area contributed by atoms with Crippen molar-refractivity contribution in [3.8, 4) is 0 Å². The molecule has 0 radical (unpaired) electrons. The Bertz CT molecular complexity index is 559. The molecule has 2 aromatic heterocycles. The number of aromatic nitrogens is 4. The van der Waals surface area contributed by atoms with E-state index in [1.165, 1.54) is 4.57 Å². The summed E-state index contributed by atoms with van der Waals surface area (Å²) in [5.74, 6) is 0.186. The van der Waals surface area contributed by atoms with Crippen LogP contribution in [0.3, 0.4) is 0 Å². The van der Waals surface area contributed by atoms with Gasteiger partial charge in [0.25, 0.3) is 5.56 Å². The van der Waals surface area contributed by atoms with Crippen molar-refractivity contribution in [1.82, 2.24) is 14.5 Å². The van der Waals surface area contributed by atoms with Gasteiger partial charge < -0.3 is 5.73 Å². The Morgan fingerprint density at radius 1 is 1.57 bits per heavy atom. The van der Waals surface area contributed by atoms with Crippen LogP contribution < -0.4 is 15.9 Å². The van der Waals surface area contributed by atoms with E-state index in [0.717, 1.165) is 0 Å². The van der Waals surface area contributed by atoms with Gasteiger partial charge in [-0.3, -0.25) is 9.36 Å². The Labute approximate surface area is 79.6 Å². The predicted octanol–water partition coefficient (Wildman–Crippen LogP) is -1.26. The van der Waals surface area contributed by atoms with Crippen LogP contribution in [0.15, 0.2) is 17.2 Å². The molecule has 0 saturated heterocycles. The summed E-state index contributed by atoms with van der Waals surface area (Å²) >= 11 is 0. The van der Waals surface area contributed by atoms with Crippen molar-refractivity contribution in [1.29, 1.82) is 0 Å². The lowest BCUT2D eigenvalue weighted by molar-refractivity contribution is -0.647. The van der Waals surface area contributed by atoms with Crippen LogP contribution in [0.4, 0.5) is 5.95 Å². The fraction of sp³-hybridized carbons (Fsp3) is 0.250. The number of nitrogens with zero attached hydrogens (tertiary/aromatic N) is 4.